The van der Waals surface area contributed by atoms with E-state index in [9.17, 15) is 4.79 Å². The second-order valence-corrected chi connectivity index (χ2v) is 4.64. The van der Waals surface area contributed by atoms with Crippen LogP contribution in [0.15, 0.2) is 54.6 Å². The minimum Gasteiger partial charge on any atom is -0.434 e. The van der Waals surface area contributed by atoms with Crippen molar-refractivity contribution in [3.63, 3.8) is 0 Å². The van der Waals surface area contributed by atoms with Crippen LogP contribution in [-0.2, 0) is 4.74 Å². The van der Waals surface area contributed by atoms with Gasteiger partial charge in [0, 0.05) is 6.42 Å². The van der Waals surface area contributed by atoms with Crippen molar-refractivity contribution in [3.05, 3.63) is 60.2 Å². The van der Waals surface area contributed by atoms with Crippen molar-refractivity contribution in [2.45, 2.75) is 19.6 Å². The lowest BCUT2D eigenvalue weighted by Crippen LogP contribution is -2.19. The molecule has 0 aliphatic heterocycles. The standard InChI is InChI=1S/C16H15N3O2/c1-2-15(21-16(20)12-8-4-3-5-9-12)19-17-13-10-6-7-11-14(13)18-19/h3-11,15H,2H2,1H3. The number of carbonyl (C=O) groups is 1. The highest BCUT2D eigenvalue weighted by molar-refractivity contribution is 5.89. The van der Waals surface area contributed by atoms with Crippen molar-refractivity contribution in [3.8, 4) is 0 Å². The van der Waals surface area contributed by atoms with E-state index in [-0.39, 0.29) is 5.97 Å². The van der Waals surface area contributed by atoms with E-state index < -0.39 is 6.23 Å². The predicted molar refractivity (Wildman–Crippen MR) is 78.7 cm³/mol. The minimum atomic E-state index is -0.509. The monoisotopic (exact) mass is 281 g/mol. The zero-order valence-corrected chi connectivity index (χ0v) is 11.6. The molecule has 0 aliphatic rings. The van der Waals surface area contributed by atoms with Gasteiger partial charge in [-0.05, 0) is 24.3 Å². The molecule has 1 unspecified atom stereocenters. The fraction of sp³-hybridized carbons (Fsp3) is 0.188. The van der Waals surface area contributed by atoms with E-state index in [2.05, 4.69) is 10.2 Å². The molecule has 1 aromatic heterocycles. The summed E-state index contributed by atoms with van der Waals surface area (Å²) in [6, 6.07) is 16.5. The largest absolute Gasteiger partial charge is 0.434 e. The van der Waals surface area contributed by atoms with Crippen molar-refractivity contribution < 1.29 is 9.53 Å². The topological polar surface area (TPSA) is 57.0 Å². The Labute approximate surface area is 122 Å². The van der Waals surface area contributed by atoms with E-state index in [4.69, 9.17) is 4.74 Å². The number of ether oxygens (including phenoxy) is 1. The van der Waals surface area contributed by atoms with Gasteiger partial charge in [-0.1, -0.05) is 37.3 Å². The number of benzene rings is 2. The number of carbonyl (C=O) groups excluding carboxylic acids is 1. The van der Waals surface area contributed by atoms with Crippen LogP contribution in [0.1, 0.15) is 29.9 Å². The van der Waals surface area contributed by atoms with Crippen LogP contribution in [0.25, 0.3) is 11.0 Å². The molecular weight excluding hydrogens is 266 g/mol. The third-order valence-electron chi connectivity index (χ3n) is 3.16. The van der Waals surface area contributed by atoms with Crippen molar-refractivity contribution in [2.24, 2.45) is 0 Å². The van der Waals surface area contributed by atoms with Gasteiger partial charge in [-0.2, -0.15) is 0 Å². The van der Waals surface area contributed by atoms with E-state index >= 15 is 0 Å². The van der Waals surface area contributed by atoms with Gasteiger partial charge in [-0.25, -0.2) is 4.79 Å². The van der Waals surface area contributed by atoms with Gasteiger partial charge < -0.3 is 4.74 Å². The molecule has 0 saturated carbocycles. The first-order valence-electron chi connectivity index (χ1n) is 6.85. The summed E-state index contributed by atoms with van der Waals surface area (Å²) in [6.07, 6.45) is 0.0876. The number of fused-ring (bicyclic) bond motifs is 1. The molecule has 0 N–H and O–H groups in total. The highest BCUT2D eigenvalue weighted by Gasteiger charge is 2.18. The fourth-order valence-corrected chi connectivity index (χ4v) is 2.06. The third-order valence-corrected chi connectivity index (χ3v) is 3.16. The van der Waals surface area contributed by atoms with Crippen LogP contribution < -0.4 is 0 Å². The molecular formula is C16H15N3O2. The second-order valence-electron chi connectivity index (χ2n) is 4.64. The molecule has 21 heavy (non-hydrogen) atoms. The zero-order chi connectivity index (χ0) is 14.7. The smallest absolute Gasteiger partial charge is 0.340 e. The molecule has 0 aliphatic carbocycles. The summed E-state index contributed by atoms with van der Waals surface area (Å²) in [5.74, 6) is -0.371. The van der Waals surface area contributed by atoms with Gasteiger partial charge >= 0.3 is 5.97 Å². The van der Waals surface area contributed by atoms with E-state index in [0.29, 0.717) is 12.0 Å². The first-order valence-corrected chi connectivity index (χ1v) is 6.85. The lowest BCUT2D eigenvalue weighted by molar-refractivity contribution is -0.00175. The molecule has 0 fully saturated rings. The first kappa shape index (κ1) is 13.3. The Hall–Kier alpha value is -2.69. The molecule has 0 amide bonds. The number of hydrogen-bond donors (Lipinski definition) is 0. The lowest BCUT2D eigenvalue weighted by Gasteiger charge is -2.14. The van der Waals surface area contributed by atoms with Gasteiger partial charge in [0.15, 0.2) is 0 Å². The first-order chi connectivity index (χ1) is 10.3. The average molecular weight is 281 g/mol. The fourth-order valence-electron chi connectivity index (χ4n) is 2.06. The summed E-state index contributed by atoms with van der Waals surface area (Å²) in [7, 11) is 0. The summed E-state index contributed by atoms with van der Waals surface area (Å²) in [6.45, 7) is 1.93. The van der Waals surface area contributed by atoms with Crippen LogP contribution >= 0.6 is 0 Å². The number of aromatic nitrogens is 3. The Kier molecular flexibility index (Phi) is 3.64. The Bertz CT molecular complexity index is 719. The third kappa shape index (κ3) is 2.76. The van der Waals surface area contributed by atoms with Crippen LogP contribution in [0, 0.1) is 0 Å². The van der Waals surface area contributed by atoms with Gasteiger partial charge in [0.05, 0.1) is 5.56 Å². The van der Waals surface area contributed by atoms with Gasteiger partial charge in [-0.3, -0.25) is 0 Å². The molecule has 0 saturated heterocycles. The maximum Gasteiger partial charge on any atom is 0.340 e. The number of nitrogens with zero attached hydrogens (tertiary/aromatic N) is 3. The quantitative estimate of drug-likeness (QED) is 0.689. The zero-order valence-electron chi connectivity index (χ0n) is 11.6. The summed E-state index contributed by atoms with van der Waals surface area (Å²) in [5.41, 5.74) is 2.09. The van der Waals surface area contributed by atoms with Crippen LogP contribution in [0.5, 0.6) is 0 Å². The van der Waals surface area contributed by atoms with Crippen molar-refractivity contribution >= 4 is 17.0 Å². The molecule has 5 nitrogen and oxygen atoms in total. The van der Waals surface area contributed by atoms with Crippen LogP contribution in [0.3, 0.4) is 0 Å². The summed E-state index contributed by atoms with van der Waals surface area (Å²) < 4.78 is 5.50. The van der Waals surface area contributed by atoms with E-state index in [1.807, 2.05) is 37.3 Å². The number of hydrogen-bond acceptors (Lipinski definition) is 4. The van der Waals surface area contributed by atoms with E-state index in [1.165, 1.54) is 4.80 Å². The molecule has 2 aromatic carbocycles. The molecule has 1 heterocycles. The Morgan fingerprint density at radius 3 is 2.19 bits per heavy atom. The molecule has 0 bridgehead atoms. The SMILES string of the molecule is CCC(OC(=O)c1ccccc1)n1nc2ccccc2n1. The van der Waals surface area contributed by atoms with Gasteiger partial charge in [0.2, 0.25) is 6.23 Å². The second kappa shape index (κ2) is 5.75. The van der Waals surface area contributed by atoms with Crippen molar-refractivity contribution in [1.29, 1.82) is 0 Å². The van der Waals surface area contributed by atoms with Crippen LogP contribution in [0.4, 0.5) is 0 Å². The Balaban J connectivity index is 1.83. The number of esters is 1. The normalized spacial score (nSPS) is 12.2. The van der Waals surface area contributed by atoms with Crippen molar-refractivity contribution in [1.82, 2.24) is 15.0 Å². The van der Waals surface area contributed by atoms with E-state index in [1.54, 1.807) is 24.3 Å². The summed E-state index contributed by atoms with van der Waals surface area (Å²) >= 11 is 0. The number of rotatable bonds is 4. The van der Waals surface area contributed by atoms with Gasteiger partial charge in [-0.15, -0.1) is 15.0 Å². The Morgan fingerprint density at radius 1 is 1.05 bits per heavy atom. The van der Waals surface area contributed by atoms with Gasteiger partial charge in [0.25, 0.3) is 0 Å². The molecule has 3 aromatic rings. The van der Waals surface area contributed by atoms with E-state index in [0.717, 1.165) is 11.0 Å². The summed E-state index contributed by atoms with van der Waals surface area (Å²) in [5, 5.41) is 8.72. The highest BCUT2D eigenvalue weighted by Crippen LogP contribution is 2.17. The summed E-state index contributed by atoms with van der Waals surface area (Å²) in [4.78, 5) is 13.6. The molecule has 106 valence electrons. The van der Waals surface area contributed by atoms with Crippen molar-refractivity contribution in [2.75, 3.05) is 0 Å². The minimum absolute atomic E-state index is 0.371. The highest BCUT2D eigenvalue weighted by atomic mass is 16.6. The molecule has 0 radical (unpaired) electrons. The molecule has 1 atom stereocenters. The maximum atomic E-state index is 12.1. The van der Waals surface area contributed by atoms with Crippen LogP contribution in [-0.4, -0.2) is 21.0 Å². The molecule has 0 spiro atoms. The predicted octanol–water partition coefficient (Wildman–Crippen LogP) is 3.20. The molecule has 5 heteroatoms. The maximum absolute atomic E-state index is 12.1. The Morgan fingerprint density at radius 2 is 1.62 bits per heavy atom. The lowest BCUT2D eigenvalue weighted by atomic mass is 10.2. The molecule has 3 rings (SSSR count). The van der Waals surface area contributed by atoms with Crippen LogP contribution in [0.2, 0.25) is 0 Å². The average Bonchev–Trinajstić information content (AvgIpc) is 2.97. The van der Waals surface area contributed by atoms with Gasteiger partial charge in [0.1, 0.15) is 11.0 Å².